The summed E-state index contributed by atoms with van der Waals surface area (Å²) in [4.78, 5) is 11.3. The maximum atomic E-state index is 11.3. The molecule has 0 heterocycles. The minimum absolute atomic E-state index is 0.0131. The van der Waals surface area contributed by atoms with Crippen LogP contribution in [0.4, 0.5) is 0 Å². The Morgan fingerprint density at radius 2 is 2.04 bits per heavy atom. The molecular weight excluding hydrogens is 284 g/mol. The van der Waals surface area contributed by atoms with Crippen LogP contribution in [0.3, 0.4) is 0 Å². The molecule has 4 rings (SSSR count). The summed E-state index contributed by atoms with van der Waals surface area (Å²) in [5, 5.41) is 0. The fraction of sp³-hybridized carbons (Fsp3) is 0.762. The van der Waals surface area contributed by atoms with Crippen molar-refractivity contribution in [3.8, 4) is 0 Å². The minimum Gasteiger partial charge on any atom is -0.458 e. The van der Waals surface area contributed by atoms with Crippen molar-refractivity contribution in [1.82, 2.24) is 0 Å². The minimum atomic E-state index is -0.158. The monoisotopic (exact) mass is 314 g/mol. The van der Waals surface area contributed by atoms with Gasteiger partial charge in [0.05, 0.1) is 0 Å². The number of carbonyl (C=O) groups is 1. The van der Waals surface area contributed by atoms with E-state index in [0.717, 1.165) is 18.8 Å². The normalized spacial score (nSPS) is 48.0. The van der Waals surface area contributed by atoms with Crippen molar-refractivity contribution in [2.45, 2.75) is 71.8 Å². The van der Waals surface area contributed by atoms with E-state index in [9.17, 15) is 4.79 Å². The third-order valence-electron chi connectivity index (χ3n) is 7.66. The van der Waals surface area contributed by atoms with Gasteiger partial charge in [-0.05, 0) is 73.2 Å². The van der Waals surface area contributed by atoms with Crippen LogP contribution >= 0.6 is 0 Å². The van der Waals surface area contributed by atoms with Gasteiger partial charge in [0.25, 0.3) is 0 Å². The van der Waals surface area contributed by atoms with Crippen LogP contribution < -0.4 is 0 Å². The van der Waals surface area contributed by atoms with Gasteiger partial charge in [0.2, 0.25) is 0 Å². The molecule has 0 bridgehead atoms. The number of hydrogen-bond acceptors (Lipinski definition) is 2. The van der Waals surface area contributed by atoms with Gasteiger partial charge in [0.1, 0.15) is 6.10 Å². The lowest BCUT2D eigenvalue weighted by atomic mass is 9.50. The molecule has 2 saturated carbocycles. The van der Waals surface area contributed by atoms with Crippen molar-refractivity contribution < 1.29 is 9.53 Å². The molecule has 0 radical (unpaired) electrons. The van der Waals surface area contributed by atoms with Crippen LogP contribution in [-0.4, -0.2) is 12.1 Å². The topological polar surface area (TPSA) is 26.3 Å². The molecule has 0 amide bonds. The summed E-state index contributed by atoms with van der Waals surface area (Å²) >= 11 is 0. The average molecular weight is 314 g/mol. The highest BCUT2D eigenvalue weighted by Crippen LogP contribution is 2.63. The van der Waals surface area contributed by atoms with Crippen LogP contribution in [0.5, 0.6) is 0 Å². The van der Waals surface area contributed by atoms with E-state index in [0.29, 0.717) is 17.3 Å². The molecule has 0 N–H and O–H groups in total. The molecule has 2 heteroatoms. The zero-order valence-corrected chi connectivity index (χ0v) is 14.8. The van der Waals surface area contributed by atoms with E-state index in [1.165, 1.54) is 39.0 Å². The number of fused-ring (bicyclic) bond motifs is 5. The number of hydrogen-bond donors (Lipinski definition) is 0. The molecule has 2 fully saturated rings. The second-order valence-electron chi connectivity index (χ2n) is 8.94. The molecule has 4 aliphatic rings. The molecule has 23 heavy (non-hydrogen) atoms. The van der Waals surface area contributed by atoms with Crippen LogP contribution in [0.2, 0.25) is 0 Å². The lowest BCUT2D eigenvalue weighted by Crippen LogP contribution is -2.47. The van der Waals surface area contributed by atoms with Crippen LogP contribution in [0.25, 0.3) is 0 Å². The fourth-order valence-corrected chi connectivity index (χ4v) is 6.33. The predicted octanol–water partition coefficient (Wildman–Crippen LogP) is 5.05. The van der Waals surface area contributed by atoms with Crippen molar-refractivity contribution in [1.29, 1.82) is 0 Å². The zero-order chi connectivity index (χ0) is 16.2. The number of carbonyl (C=O) groups excluding carboxylic acids is 1. The van der Waals surface area contributed by atoms with E-state index < -0.39 is 0 Å². The molecule has 4 aliphatic carbocycles. The standard InChI is InChI=1S/C21H30O2/c1-14(22)23-16-8-12-21(3)15(13-16)6-7-17-18-5-4-10-20(18,2)11-9-19(17)21/h7-8,12,15-16,18-19H,4-6,9-11,13H2,1-3H3/t15?,16?,18-,19-,20-,21-/m0/s1. The van der Waals surface area contributed by atoms with E-state index in [2.05, 4.69) is 32.1 Å². The smallest absolute Gasteiger partial charge is 0.303 e. The van der Waals surface area contributed by atoms with E-state index in [4.69, 9.17) is 4.74 Å². The molecule has 0 spiro atoms. The summed E-state index contributed by atoms with van der Waals surface area (Å²) in [7, 11) is 0. The van der Waals surface area contributed by atoms with Gasteiger partial charge in [-0.15, -0.1) is 0 Å². The first kappa shape index (κ1) is 15.5. The summed E-state index contributed by atoms with van der Waals surface area (Å²) in [5.74, 6) is 2.01. The number of ether oxygens (including phenoxy) is 1. The summed E-state index contributed by atoms with van der Waals surface area (Å²) in [6.45, 7) is 6.51. The van der Waals surface area contributed by atoms with Crippen LogP contribution in [-0.2, 0) is 9.53 Å². The summed E-state index contributed by atoms with van der Waals surface area (Å²) in [6, 6.07) is 0. The number of rotatable bonds is 1. The van der Waals surface area contributed by atoms with Gasteiger partial charge in [-0.3, -0.25) is 4.79 Å². The molecule has 126 valence electrons. The zero-order valence-electron chi connectivity index (χ0n) is 14.8. The predicted molar refractivity (Wildman–Crippen MR) is 91.8 cm³/mol. The van der Waals surface area contributed by atoms with Gasteiger partial charge in [-0.2, -0.15) is 0 Å². The first-order valence-electron chi connectivity index (χ1n) is 9.49. The largest absolute Gasteiger partial charge is 0.458 e. The van der Waals surface area contributed by atoms with E-state index in [1.807, 2.05) is 0 Å². The van der Waals surface area contributed by atoms with Crippen LogP contribution in [0.1, 0.15) is 65.7 Å². The fourth-order valence-electron chi connectivity index (χ4n) is 6.33. The Kier molecular flexibility index (Phi) is 3.52. The van der Waals surface area contributed by atoms with Gasteiger partial charge < -0.3 is 4.74 Å². The van der Waals surface area contributed by atoms with Crippen molar-refractivity contribution in [2.75, 3.05) is 0 Å². The third kappa shape index (κ3) is 2.32. The maximum absolute atomic E-state index is 11.3. The summed E-state index contributed by atoms with van der Waals surface area (Å²) in [6.07, 6.45) is 16.3. The lowest BCUT2D eigenvalue weighted by molar-refractivity contribution is -0.145. The molecule has 0 aromatic heterocycles. The van der Waals surface area contributed by atoms with Gasteiger partial charge in [0, 0.05) is 6.92 Å². The summed E-state index contributed by atoms with van der Waals surface area (Å²) in [5.41, 5.74) is 2.63. The highest BCUT2D eigenvalue weighted by molar-refractivity contribution is 5.66. The van der Waals surface area contributed by atoms with Crippen molar-refractivity contribution in [2.24, 2.45) is 28.6 Å². The molecular formula is C21H30O2. The first-order valence-corrected chi connectivity index (χ1v) is 9.49. The SMILES string of the molecule is CC(=O)OC1C=C[C@@]2(C)C(CC=C3[C@@H]4CCC[C@@]4(C)CC[C@@H]32)C1. The Labute approximate surface area is 140 Å². The Bertz CT molecular complexity index is 574. The van der Waals surface area contributed by atoms with Crippen LogP contribution in [0.15, 0.2) is 23.8 Å². The quantitative estimate of drug-likeness (QED) is 0.500. The van der Waals surface area contributed by atoms with Gasteiger partial charge in [-0.25, -0.2) is 0 Å². The average Bonchev–Trinajstić information content (AvgIpc) is 2.89. The lowest BCUT2D eigenvalue weighted by Gasteiger charge is -2.55. The Hall–Kier alpha value is -1.05. The van der Waals surface area contributed by atoms with Crippen molar-refractivity contribution in [3.05, 3.63) is 23.8 Å². The Balaban J connectivity index is 1.62. The van der Waals surface area contributed by atoms with Crippen LogP contribution in [0, 0.1) is 28.6 Å². The highest BCUT2D eigenvalue weighted by Gasteiger charge is 2.54. The molecule has 2 nitrogen and oxygen atoms in total. The molecule has 2 unspecified atom stereocenters. The van der Waals surface area contributed by atoms with Gasteiger partial charge >= 0.3 is 5.97 Å². The molecule has 0 aromatic carbocycles. The van der Waals surface area contributed by atoms with Crippen molar-refractivity contribution >= 4 is 5.97 Å². The number of allylic oxidation sites excluding steroid dienone is 3. The van der Waals surface area contributed by atoms with E-state index in [-0.39, 0.29) is 17.5 Å². The molecule has 0 aromatic rings. The van der Waals surface area contributed by atoms with E-state index >= 15 is 0 Å². The third-order valence-corrected chi connectivity index (χ3v) is 7.66. The molecule has 0 aliphatic heterocycles. The number of esters is 1. The first-order chi connectivity index (χ1) is 10.9. The second-order valence-corrected chi connectivity index (χ2v) is 8.94. The molecule has 6 atom stereocenters. The van der Waals surface area contributed by atoms with Gasteiger partial charge in [-0.1, -0.05) is 38.0 Å². The van der Waals surface area contributed by atoms with Crippen molar-refractivity contribution in [3.63, 3.8) is 0 Å². The second kappa shape index (κ2) is 5.22. The van der Waals surface area contributed by atoms with Gasteiger partial charge in [0.15, 0.2) is 0 Å². The Morgan fingerprint density at radius 1 is 1.22 bits per heavy atom. The summed E-state index contributed by atoms with van der Waals surface area (Å²) < 4.78 is 5.46. The Morgan fingerprint density at radius 3 is 2.83 bits per heavy atom. The maximum Gasteiger partial charge on any atom is 0.303 e. The molecule has 0 saturated heterocycles. The highest BCUT2D eigenvalue weighted by atomic mass is 16.5. The van der Waals surface area contributed by atoms with E-state index in [1.54, 1.807) is 5.57 Å².